The molecule has 0 unspecified atom stereocenters. The van der Waals surface area contributed by atoms with Gasteiger partial charge in [0, 0.05) is 29.5 Å². The highest BCUT2D eigenvalue weighted by Gasteiger charge is 1.99. The van der Waals surface area contributed by atoms with Crippen molar-refractivity contribution in [2.24, 2.45) is 0 Å². The van der Waals surface area contributed by atoms with Crippen LogP contribution >= 0.6 is 11.8 Å². The van der Waals surface area contributed by atoms with Gasteiger partial charge in [-0.25, -0.2) is 0 Å². The van der Waals surface area contributed by atoms with E-state index in [1.54, 1.807) is 18.0 Å². The first-order chi connectivity index (χ1) is 7.90. The number of anilines is 1. The fourth-order valence-electron chi connectivity index (χ4n) is 1.49. The van der Waals surface area contributed by atoms with Gasteiger partial charge in [-0.3, -0.25) is 4.98 Å². The number of hydrogen-bond acceptors (Lipinski definition) is 3. The minimum Gasteiger partial charge on any atom is -0.380 e. The SMILES string of the molecule is CSc1ccccc1NCc1cccnc1. The topological polar surface area (TPSA) is 24.9 Å². The summed E-state index contributed by atoms with van der Waals surface area (Å²) in [5, 5.41) is 3.42. The van der Waals surface area contributed by atoms with Crippen molar-refractivity contribution in [2.75, 3.05) is 11.6 Å². The summed E-state index contributed by atoms with van der Waals surface area (Å²) >= 11 is 1.75. The third-order valence-corrected chi connectivity index (χ3v) is 3.11. The Morgan fingerprint density at radius 2 is 2.06 bits per heavy atom. The van der Waals surface area contributed by atoms with Crippen LogP contribution in [0, 0.1) is 0 Å². The van der Waals surface area contributed by atoms with Crippen molar-refractivity contribution in [3.8, 4) is 0 Å². The quantitative estimate of drug-likeness (QED) is 0.815. The fourth-order valence-corrected chi connectivity index (χ4v) is 2.07. The fraction of sp³-hybridized carbons (Fsp3) is 0.154. The van der Waals surface area contributed by atoms with Crippen LogP contribution in [0.2, 0.25) is 0 Å². The lowest BCUT2D eigenvalue weighted by atomic mass is 10.2. The number of nitrogens with one attached hydrogen (secondary N) is 1. The molecule has 1 N–H and O–H groups in total. The van der Waals surface area contributed by atoms with Crippen molar-refractivity contribution in [3.63, 3.8) is 0 Å². The number of para-hydroxylation sites is 1. The number of benzene rings is 1. The second-order valence-electron chi connectivity index (χ2n) is 3.42. The highest BCUT2D eigenvalue weighted by atomic mass is 32.2. The molecule has 2 rings (SSSR count). The molecule has 0 aliphatic heterocycles. The molecule has 0 saturated carbocycles. The molecule has 0 fully saturated rings. The lowest BCUT2D eigenvalue weighted by molar-refractivity contribution is 1.10. The Bertz CT molecular complexity index is 443. The van der Waals surface area contributed by atoms with Crippen LogP contribution in [0.1, 0.15) is 5.56 Å². The first kappa shape index (κ1) is 11.0. The number of pyridine rings is 1. The van der Waals surface area contributed by atoms with Crippen LogP contribution < -0.4 is 5.32 Å². The molecule has 0 spiro atoms. The van der Waals surface area contributed by atoms with Crippen LogP contribution in [0.3, 0.4) is 0 Å². The van der Waals surface area contributed by atoms with Gasteiger partial charge in [-0.1, -0.05) is 18.2 Å². The first-order valence-corrected chi connectivity index (χ1v) is 6.38. The highest BCUT2D eigenvalue weighted by Crippen LogP contribution is 2.24. The van der Waals surface area contributed by atoms with Crippen LogP contribution in [0.5, 0.6) is 0 Å². The summed E-state index contributed by atoms with van der Waals surface area (Å²) in [7, 11) is 0. The Morgan fingerprint density at radius 1 is 1.19 bits per heavy atom. The molecule has 2 aromatic rings. The second-order valence-corrected chi connectivity index (χ2v) is 4.26. The molecule has 2 nitrogen and oxygen atoms in total. The predicted molar refractivity (Wildman–Crippen MR) is 69.8 cm³/mol. The van der Waals surface area contributed by atoms with E-state index in [-0.39, 0.29) is 0 Å². The molecule has 0 aliphatic rings. The molecule has 1 aromatic heterocycles. The molecule has 82 valence electrons. The van der Waals surface area contributed by atoms with Gasteiger partial charge in [0.05, 0.1) is 0 Å². The number of thioether (sulfide) groups is 1. The monoisotopic (exact) mass is 230 g/mol. The lowest BCUT2D eigenvalue weighted by Crippen LogP contribution is -2.00. The van der Waals surface area contributed by atoms with Crippen molar-refractivity contribution >= 4 is 17.4 Å². The Balaban J connectivity index is 2.05. The molecular formula is C13H14N2S. The van der Waals surface area contributed by atoms with E-state index in [1.807, 2.05) is 18.3 Å². The van der Waals surface area contributed by atoms with Gasteiger partial charge in [-0.2, -0.15) is 0 Å². The molecule has 0 radical (unpaired) electrons. The summed E-state index contributed by atoms with van der Waals surface area (Å²) in [4.78, 5) is 5.36. The standard InChI is InChI=1S/C13H14N2S/c1-16-13-7-3-2-6-12(13)15-10-11-5-4-8-14-9-11/h2-9,15H,10H2,1H3. The molecular weight excluding hydrogens is 216 g/mol. The molecule has 16 heavy (non-hydrogen) atoms. The van der Waals surface area contributed by atoms with Crippen molar-refractivity contribution in [1.82, 2.24) is 4.98 Å². The van der Waals surface area contributed by atoms with Crippen LogP contribution in [0.4, 0.5) is 5.69 Å². The zero-order chi connectivity index (χ0) is 11.2. The first-order valence-electron chi connectivity index (χ1n) is 5.16. The second kappa shape index (κ2) is 5.56. The highest BCUT2D eigenvalue weighted by molar-refractivity contribution is 7.98. The van der Waals surface area contributed by atoms with Gasteiger partial charge in [0.2, 0.25) is 0 Å². The third kappa shape index (κ3) is 2.76. The molecule has 3 heteroatoms. The average Bonchev–Trinajstić information content (AvgIpc) is 2.38. The molecule has 1 aromatic carbocycles. The maximum Gasteiger partial charge on any atom is 0.0480 e. The Labute approximate surface area is 100 Å². The summed E-state index contributed by atoms with van der Waals surface area (Å²) in [5.74, 6) is 0. The van der Waals surface area contributed by atoms with Gasteiger partial charge in [0.1, 0.15) is 0 Å². The maximum atomic E-state index is 4.09. The van der Waals surface area contributed by atoms with Crippen molar-refractivity contribution in [3.05, 3.63) is 54.4 Å². The van der Waals surface area contributed by atoms with Gasteiger partial charge in [-0.05, 0) is 30.0 Å². The van der Waals surface area contributed by atoms with E-state index in [0.717, 1.165) is 6.54 Å². The van der Waals surface area contributed by atoms with Gasteiger partial charge >= 0.3 is 0 Å². The number of hydrogen-bond donors (Lipinski definition) is 1. The van der Waals surface area contributed by atoms with E-state index < -0.39 is 0 Å². The minimum atomic E-state index is 0.811. The summed E-state index contributed by atoms with van der Waals surface area (Å²) in [5.41, 5.74) is 2.37. The van der Waals surface area contributed by atoms with E-state index in [2.05, 4.69) is 40.8 Å². The average molecular weight is 230 g/mol. The van der Waals surface area contributed by atoms with Gasteiger partial charge < -0.3 is 5.32 Å². The number of nitrogens with zero attached hydrogens (tertiary/aromatic N) is 1. The zero-order valence-electron chi connectivity index (χ0n) is 9.18. The normalized spacial score (nSPS) is 10.1. The molecule has 0 aliphatic carbocycles. The third-order valence-electron chi connectivity index (χ3n) is 2.31. The van der Waals surface area contributed by atoms with Gasteiger partial charge in [0.25, 0.3) is 0 Å². The van der Waals surface area contributed by atoms with Crippen molar-refractivity contribution < 1.29 is 0 Å². The summed E-state index contributed by atoms with van der Waals surface area (Å²) < 4.78 is 0. The number of rotatable bonds is 4. The molecule has 0 bridgehead atoms. The zero-order valence-corrected chi connectivity index (χ0v) is 10.00. The van der Waals surface area contributed by atoms with Crippen LogP contribution in [-0.4, -0.2) is 11.2 Å². The van der Waals surface area contributed by atoms with Crippen LogP contribution in [0.25, 0.3) is 0 Å². The summed E-state index contributed by atoms with van der Waals surface area (Å²) in [6, 6.07) is 12.4. The van der Waals surface area contributed by atoms with Crippen molar-refractivity contribution in [2.45, 2.75) is 11.4 Å². The summed E-state index contributed by atoms with van der Waals surface area (Å²) in [6.45, 7) is 0.811. The van der Waals surface area contributed by atoms with Gasteiger partial charge in [0.15, 0.2) is 0 Å². The van der Waals surface area contributed by atoms with E-state index in [9.17, 15) is 0 Å². The molecule has 0 amide bonds. The van der Waals surface area contributed by atoms with E-state index >= 15 is 0 Å². The largest absolute Gasteiger partial charge is 0.380 e. The Morgan fingerprint density at radius 3 is 2.81 bits per heavy atom. The Kier molecular flexibility index (Phi) is 3.83. The van der Waals surface area contributed by atoms with Crippen LogP contribution in [-0.2, 0) is 6.54 Å². The van der Waals surface area contributed by atoms with Crippen molar-refractivity contribution in [1.29, 1.82) is 0 Å². The summed E-state index contributed by atoms with van der Waals surface area (Å²) in [6.07, 6.45) is 5.76. The van der Waals surface area contributed by atoms with E-state index in [4.69, 9.17) is 0 Å². The smallest absolute Gasteiger partial charge is 0.0480 e. The van der Waals surface area contributed by atoms with Crippen LogP contribution in [0.15, 0.2) is 53.7 Å². The van der Waals surface area contributed by atoms with Gasteiger partial charge in [-0.15, -0.1) is 11.8 Å². The molecule has 0 atom stereocenters. The van der Waals surface area contributed by atoms with E-state index in [1.165, 1.54) is 16.1 Å². The maximum absolute atomic E-state index is 4.09. The lowest BCUT2D eigenvalue weighted by Gasteiger charge is -2.09. The van der Waals surface area contributed by atoms with E-state index in [0.29, 0.717) is 0 Å². The molecule has 0 saturated heterocycles. The predicted octanol–water partition coefficient (Wildman–Crippen LogP) is 3.42. The number of aromatic nitrogens is 1. The molecule has 1 heterocycles. The minimum absolute atomic E-state index is 0.811. The Hall–Kier alpha value is -1.48.